The predicted octanol–water partition coefficient (Wildman–Crippen LogP) is 0.569. The Bertz CT molecular complexity index is 626. The van der Waals surface area contributed by atoms with E-state index in [4.69, 9.17) is 5.21 Å². The Kier molecular flexibility index (Phi) is 5.17. The number of hydrogen-bond acceptors (Lipinski definition) is 7. The lowest BCUT2D eigenvalue weighted by Gasteiger charge is -2.15. The summed E-state index contributed by atoms with van der Waals surface area (Å²) in [5, 5.41) is 30.4. The van der Waals surface area contributed by atoms with Gasteiger partial charge in [-0.05, 0) is 0 Å². The monoisotopic (exact) mass is 302 g/mol. The van der Waals surface area contributed by atoms with Crippen LogP contribution in [-0.2, 0) is 9.84 Å². The first-order chi connectivity index (χ1) is 9.37. The van der Waals surface area contributed by atoms with Crippen molar-refractivity contribution >= 4 is 21.2 Å². The number of nitrogens with zero attached hydrogens (tertiary/aromatic N) is 2. The molecule has 0 aromatic heterocycles. The van der Waals surface area contributed by atoms with Crippen molar-refractivity contribution in [3.8, 4) is 0 Å². The van der Waals surface area contributed by atoms with Crippen molar-refractivity contribution in [3.05, 3.63) is 39.9 Å². The van der Waals surface area contributed by atoms with Crippen LogP contribution in [0.15, 0.2) is 29.4 Å². The van der Waals surface area contributed by atoms with Gasteiger partial charge in [-0.3, -0.25) is 10.1 Å². The SMILES string of the molecule is CCS(=O)(=O)[C@H](CO)/C(=N\O)c1cccc([N+](=O)[O-])c1. The first-order valence-corrected chi connectivity index (χ1v) is 7.38. The third-order valence-corrected chi connectivity index (χ3v) is 4.81. The molecule has 8 nitrogen and oxygen atoms in total. The fourth-order valence-electron chi connectivity index (χ4n) is 1.66. The number of non-ortho nitro benzene ring substituents is 1. The summed E-state index contributed by atoms with van der Waals surface area (Å²) >= 11 is 0. The number of rotatable bonds is 6. The minimum Gasteiger partial charge on any atom is -0.411 e. The normalized spacial score (nSPS) is 14.0. The number of nitro benzene ring substituents is 1. The average molecular weight is 302 g/mol. The van der Waals surface area contributed by atoms with Gasteiger partial charge in [0, 0.05) is 23.4 Å². The summed E-state index contributed by atoms with van der Waals surface area (Å²) in [5.74, 6) is -0.258. The third kappa shape index (κ3) is 3.31. The van der Waals surface area contributed by atoms with Crippen LogP contribution in [0.4, 0.5) is 5.69 Å². The fourth-order valence-corrected chi connectivity index (χ4v) is 2.81. The summed E-state index contributed by atoms with van der Waals surface area (Å²) in [7, 11) is -3.71. The molecule has 2 N–H and O–H groups in total. The van der Waals surface area contributed by atoms with Crippen LogP contribution in [0.3, 0.4) is 0 Å². The second-order valence-corrected chi connectivity index (χ2v) is 6.39. The molecule has 0 spiro atoms. The van der Waals surface area contributed by atoms with E-state index in [0.29, 0.717) is 0 Å². The zero-order valence-electron chi connectivity index (χ0n) is 10.6. The van der Waals surface area contributed by atoms with Gasteiger partial charge in [-0.1, -0.05) is 24.2 Å². The van der Waals surface area contributed by atoms with Gasteiger partial charge in [-0.15, -0.1) is 0 Å². The minimum absolute atomic E-state index is 0.0674. The second-order valence-electron chi connectivity index (χ2n) is 3.92. The van der Waals surface area contributed by atoms with Crippen LogP contribution in [0.1, 0.15) is 12.5 Å². The molecular formula is C11H14N2O6S. The zero-order chi connectivity index (χ0) is 15.3. The van der Waals surface area contributed by atoms with Gasteiger partial charge in [-0.2, -0.15) is 0 Å². The van der Waals surface area contributed by atoms with E-state index in [0.717, 1.165) is 6.07 Å². The molecule has 0 fully saturated rings. The van der Waals surface area contributed by atoms with Crippen LogP contribution in [0.25, 0.3) is 0 Å². The van der Waals surface area contributed by atoms with Crippen LogP contribution in [0.2, 0.25) is 0 Å². The van der Waals surface area contributed by atoms with Crippen molar-refractivity contribution in [3.63, 3.8) is 0 Å². The Balaban J connectivity index is 3.33. The van der Waals surface area contributed by atoms with Gasteiger partial charge in [0.05, 0.1) is 11.5 Å². The molecule has 110 valence electrons. The van der Waals surface area contributed by atoms with E-state index in [1.807, 2.05) is 0 Å². The molecular weight excluding hydrogens is 288 g/mol. The highest BCUT2D eigenvalue weighted by Crippen LogP contribution is 2.18. The van der Waals surface area contributed by atoms with Crippen LogP contribution >= 0.6 is 0 Å². The average Bonchev–Trinajstić information content (AvgIpc) is 2.44. The van der Waals surface area contributed by atoms with E-state index < -0.39 is 26.6 Å². The Hall–Kier alpha value is -2.00. The molecule has 1 aromatic rings. The maximum atomic E-state index is 11.8. The highest BCUT2D eigenvalue weighted by molar-refractivity contribution is 7.92. The fraction of sp³-hybridized carbons (Fsp3) is 0.364. The first kappa shape index (κ1) is 16.1. The smallest absolute Gasteiger partial charge is 0.270 e. The number of aliphatic hydroxyl groups is 1. The summed E-state index contributed by atoms with van der Waals surface area (Å²) in [6.07, 6.45) is 0. The van der Waals surface area contributed by atoms with Crippen molar-refractivity contribution in [2.45, 2.75) is 12.2 Å². The molecule has 0 aliphatic carbocycles. The van der Waals surface area contributed by atoms with Gasteiger partial charge in [-0.25, -0.2) is 8.42 Å². The lowest BCUT2D eigenvalue weighted by molar-refractivity contribution is -0.384. The molecule has 0 aliphatic heterocycles. The van der Waals surface area contributed by atoms with Crippen molar-refractivity contribution in [2.75, 3.05) is 12.4 Å². The van der Waals surface area contributed by atoms with Crippen molar-refractivity contribution < 1.29 is 23.7 Å². The molecule has 0 radical (unpaired) electrons. The molecule has 1 aromatic carbocycles. The molecule has 20 heavy (non-hydrogen) atoms. The lowest BCUT2D eigenvalue weighted by atomic mass is 10.1. The summed E-state index contributed by atoms with van der Waals surface area (Å²) in [5.41, 5.74) is -0.523. The largest absolute Gasteiger partial charge is 0.411 e. The molecule has 0 bridgehead atoms. The summed E-state index contributed by atoms with van der Waals surface area (Å²) in [4.78, 5) is 10.0. The highest BCUT2D eigenvalue weighted by Gasteiger charge is 2.30. The summed E-state index contributed by atoms with van der Waals surface area (Å²) in [6, 6.07) is 5.02. The predicted molar refractivity (Wildman–Crippen MR) is 71.8 cm³/mol. The number of hydrogen-bond donors (Lipinski definition) is 2. The number of benzene rings is 1. The van der Waals surface area contributed by atoms with Gasteiger partial charge in [0.25, 0.3) is 5.69 Å². The maximum absolute atomic E-state index is 11.8. The number of nitro groups is 1. The number of aliphatic hydroxyl groups excluding tert-OH is 1. The minimum atomic E-state index is -3.71. The van der Waals surface area contributed by atoms with Gasteiger partial charge in [0.2, 0.25) is 0 Å². The molecule has 0 amide bonds. The highest BCUT2D eigenvalue weighted by atomic mass is 32.2. The number of sulfone groups is 1. The van der Waals surface area contributed by atoms with E-state index in [1.54, 1.807) is 0 Å². The summed E-state index contributed by atoms with van der Waals surface area (Å²) in [6.45, 7) is 0.610. The zero-order valence-corrected chi connectivity index (χ0v) is 11.4. The van der Waals surface area contributed by atoms with Crippen LogP contribution < -0.4 is 0 Å². The van der Waals surface area contributed by atoms with E-state index in [9.17, 15) is 23.6 Å². The first-order valence-electron chi connectivity index (χ1n) is 5.66. The van der Waals surface area contributed by atoms with Gasteiger partial charge >= 0.3 is 0 Å². The van der Waals surface area contributed by atoms with Crippen LogP contribution in [0.5, 0.6) is 0 Å². The van der Waals surface area contributed by atoms with Crippen molar-refractivity contribution in [1.82, 2.24) is 0 Å². The molecule has 1 rings (SSSR count). The third-order valence-electron chi connectivity index (χ3n) is 2.77. The van der Waals surface area contributed by atoms with E-state index in [2.05, 4.69) is 5.16 Å². The van der Waals surface area contributed by atoms with Gasteiger partial charge in [0.1, 0.15) is 11.0 Å². The molecule has 1 atom stereocenters. The Labute approximate surface area is 115 Å². The molecule has 0 heterocycles. The molecule has 9 heteroatoms. The maximum Gasteiger partial charge on any atom is 0.270 e. The van der Waals surface area contributed by atoms with Crippen molar-refractivity contribution in [2.24, 2.45) is 5.16 Å². The summed E-state index contributed by atoms with van der Waals surface area (Å²) < 4.78 is 23.7. The molecule has 0 saturated heterocycles. The second kappa shape index (κ2) is 6.44. The lowest BCUT2D eigenvalue weighted by Crippen LogP contribution is -2.35. The van der Waals surface area contributed by atoms with Gasteiger partial charge in [0.15, 0.2) is 9.84 Å². The molecule has 0 aliphatic rings. The Morgan fingerprint density at radius 2 is 2.15 bits per heavy atom. The van der Waals surface area contributed by atoms with E-state index in [1.165, 1.54) is 25.1 Å². The Morgan fingerprint density at radius 1 is 1.50 bits per heavy atom. The van der Waals surface area contributed by atoms with E-state index >= 15 is 0 Å². The number of oxime groups is 1. The van der Waals surface area contributed by atoms with Crippen molar-refractivity contribution in [1.29, 1.82) is 0 Å². The standard InChI is InChI=1S/C11H14N2O6S/c1-2-20(18,19)10(7-14)11(12-15)8-4-3-5-9(6-8)13(16)17/h3-6,10,14-15H,2,7H2,1H3/b12-11-/t10-/m1/s1. The van der Waals surface area contributed by atoms with E-state index in [-0.39, 0.29) is 22.7 Å². The Morgan fingerprint density at radius 3 is 2.60 bits per heavy atom. The van der Waals surface area contributed by atoms with Crippen LogP contribution in [-0.4, -0.2) is 47.0 Å². The van der Waals surface area contributed by atoms with Crippen LogP contribution in [0, 0.1) is 10.1 Å². The molecule has 0 unspecified atom stereocenters. The molecule has 0 saturated carbocycles. The van der Waals surface area contributed by atoms with Gasteiger partial charge < -0.3 is 10.3 Å². The topological polar surface area (TPSA) is 130 Å². The quantitative estimate of drug-likeness (QED) is 0.342.